The van der Waals surface area contributed by atoms with Crippen LogP contribution in [-0.4, -0.2) is 26.0 Å². The van der Waals surface area contributed by atoms with Crippen molar-refractivity contribution >= 4 is 5.97 Å². The topological polar surface area (TPSA) is 92.4 Å². The van der Waals surface area contributed by atoms with E-state index in [1.807, 2.05) is 13.8 Å². The van der Waals surface area contributed by atoms with Crippen molar-refractivity contribution in [1.29, 1.82) is 0 Å². The number of hydrogen-bond acceptors (Lipinski definition) is 4. The van der Waals surface area contributed by atoms with Crippen molar-refractivity contribution in [1.82, 2.24) is 9.78 Å². The quantitative estimate of drug-likeness (QED) is 0.586. The lowest BCUT2D eigenvalue weighted by molar-refractivity contribution is -0.143. The summed E-state index contributed by atoms with van der Waals surface area (Å²) in [5.41, 5.74) is -6.61. The number of carboxylic acid groups (broad SMARTS) is 1. The summed E-state index contributed by atoms with van der Waals surface area (Å²) in [4.78, 5) is 22.9. The number of aromatic nitrogens is 2. The average molecular weight is 480 g/mol. The first-order valence-electron chi connectivity index (χ1n) is 10.1. The van der Waals surface area contributed by atoms with Gasteiger partial charge in [0.05, 0.1) is 23.9 Å². The Morgan fingerprint density at radius 3 is 1.94 bits per heavy atom. The van der Waals surface area contributed by atoms with Gasteiger partial charge in [0, 0.05) is 5.41 Å². The van der Waals surface area contributed by atoms with Gasteiger partial charge in [-0.2, -0.15) is 31.4 Å². The first-order chi connectivity index (χ1) is 15.2. The maximum Gasteiger partial charge on any atom is 0.416 e. The molecule has 1 aromatic heterocycles. The van der Waals surface area contributed by atoms with Gasteiger partial charge in [0.1, 0.15) is 0 Å². The van der Waals surface area contributed by atoms with Crippen LogP contribution in [0.15, 0.2) is 29.2 Å². The highest BCUT2D eigenvalue weighted by molar-refractivity contribution is 5.85. The van der Waals surface area contributed by atoms with Gasteiger partial charge in [-0.3, -0.25) is 9.48 Å². The van der Waals surface area contributed by atoms with Crippen molar-refractivity contribution in [2.75, 3.05) is 0 Å². The van der Waals surface area contributed by atoms with Gasteiger partial charge in [-0.05, 0) is 36.6 Å². The highest BCUT2D eigenvalue weighted by atomic mass is 19.4. The SMILES string of the molecule is CC.O=C(O)c1nn(CC2(c3cc(C(F)(F)F)cc(C(F)(F)F)c3)CCCC2)cc(O)c1=O. The van der Waals surface area contributed by atoms with Crippen LogP contribution >= 0.6 is 0 Å². The lowest BCUT2D eigenvalue weighted by Crippen LogP contribution is -2.32. The minimum atomic E-state index is -5.01. The van der Waals surface area contributed by atoms with Crippen molar-refractivity contribution in [3.63, 3.8) is 0 Å². The molecule has 33 heavy (non-hydrogen) atoms. The first kappa shape index (κ1) is 26.2. The number of nitrogens with zero attached hydrogens (tertiary/aromatic N) is 2. The molecule has 12 heteroatoms. The molecule has 1 aliphatic carbocycles. The Kier molecular flexibility index (Phi) is 7.49. The Labute approximate surface area is 184 Å². The number of benzene rings is 1. The highest BCUT2D eigenvalue weighted by Gasteiger charge is 2.42. The zero-order chi connectivity index (χ0) is 25.2. The monoisotopic (exact) mass is 480 g/mol. The van der Waals surface area contributed by atoms with Gasteiger partial charge in [0.25, 0.3) is 5.43 Å². The number of aromatic hydroxyl groups is 1. The predicted molar refractivity (Wildman–Crippen MR) is 105 cm³/mol. The van der Waals surface area contributed by atoms with Gasteiger partial charge in [-0.15, -0.1) is 0 Å². The fourth-order valence-corrected chi connectivity index (χ4v) is 3.91. The van der Waals surface area contributed by atoms with Gasteiger partial charge in [0.2, 0.25) is 5.69 Å². The summed E-state index contributed by atoms with van der Waals surface area (Å²) in [7, 11) is 0. The standard InChI is InChI=1S/C19H16F6N2O4.C2H6/c20-18(21,22)11-5-10(6-12(7-11)19(23,24)25)17(3-1-2-4-17)9-27-8-13(28)15(29)14(26-27)16(30)31;1-2/h5-8,28H,1-4,9H2,(H,30,31);1-2H3. The maximum atomic E-state index is 13.3. The fraction of sp³-hybridized carbons (Fsp3) is 0.476. The normalized spacial score (nSPS) is 15.6. The summed E-state index contributed by atoms with van der Waals surface area (Å²) in [6.07, 6.45) is -7.77. The molecule has 0 radical (unpaired) electrons. The Bertz CT molecular complexity index is 1040. The van der Waals surface area contributed by atoms with Gasteiger partial charge >= 0.3 is 18.3 Å². The summed E-state index contributed by atoms with van der Waals surface area (Å²) in [5.74, 6) is -2.67. The Morgan fingerprint density at radius 1 is 1.03 bits per heavy atom. The number of carboxylic acids is 1. The molecule has 0 atom stereocenters. The summed E-state index contributed by atoms with van der Waals surface area (Å²) in [6, 6.07) is 1.35. The van der Waals surface area contributed by atoms with Gasteiger partial charge in [0.15, 0.2) is 5.75 Å². The number of hydrogen-bond donors (Lipinski definition) is 2. The number of aromatic carboxylic acids is 1. The highest BCUT2D eigenvalue weighted by Crippen LogP contribution is 2.46. The molecule has 0 amide bonds. The molecule has 6 nitrogen and oxygen atoms in total. The Hall–Kier alpha value is -3.05. The molecular weight excluding hydrogens is 458 g/mol. The van der Waals surface area contributed by atoms with Crippen molar-refractivity contribution in [3.05, 3.63) is 57.0 Å². The molecule has 182 valence electrons. The van der Waals surface area contributed by atoms with Gasteiger partial charge in [-0.25, -0.2) is 4.79 Å². The minimum absolute atomic E-state index is 0.0398. The molecule has 0 aliphatic heterocycles. The number of alkyl halides is 6. The van der Waals surface area contributed by atoms with Crippen molar-refractivity contribution in [2.45, 2.75) is 63.8 Å². The third kappa shape index (κ3) is 5.66. The molecule has 1 aromatic carbocycles. The molecule has 0 bridgehead atoms. The lowest BCUT2D eigenvalue weighted by atomic mass is 9.77. The summed E-state index contributed by atoms with van der Waals surface area (Å²) in [5, 5.41) is 22.4. The number of rotatable bonds is 4. The lowest BCUT2D eigenvalue weighted by Gasteiger charge is -2.31. The summed E-state index contributed by atoms with van der Waals surface area (Å²) < 4.78 is 80.6. The summed E-state index contributed by atoms with van der Waals surface area (Å²) in [6.45, 7) is 3.68. The molecule has 1 fully saturated rings. The fourth-order valence-electron chi connectivity index (χ4n) is 3.91. The largest absolute Gasteiger partial charge is 0.503 e. The van der Waals surface area contributed by atoms with Crippen LogP contribution in [0.5, 0.6) is 5.75 Å². The third-order valence-electron chi connectivity index (χ3n) is 5.38. The van der Waals surface area contributed by atoms with Crippen LogP contribution in [0, 0.1) is 0 Å². The molecule has 2 aromatic rings. The van der Waals surface area contributed by atoms with Gasteiger partial charge < -0.3 is 10.2 Å². The first-order valence-corrected chi connectivity index (χ1v) is 10.1. The zero-order valence-corrected chi connectivity index (χ0v) is 17.7. The molecule has 0 unspecified atom stereocenters. The second-order valence-electron chi connectivity index (χ2n) is 7.48. The van der Waals surface area contributed by atoms with Crippen molar-refractivity contribution in [2.24, 2.45) is 0 Å². The van der Waals surface area contributed by atoms with E-state index in [1.54, 1.807) is 0 Å². The van der Waals surface area contributed by atoms with E-state index in [9.17, 15) is 41.0 Å². The Balaban J connectivity index is 0.00000187. The van der Waals surface area contributed by atoms with E-state index in [-0.39, 0.29) is 31.0 Å². The molecule has 2 N–H and O–H groups in total. The van der Waals surface area contributed by atoms with Crippen molar-refractivity contribution < 1.29 is 41.4 Å². The molecule has 1 heterocycles. The maximum absolute atomic E-state index is 13.3. The van der Waals surface area contributed by atoms with E-state index in [0.717, 1.165) is 10.9 Å². The van der Waals surface area contributed by atoms with E-state index in [0.29, 0.717) is 25.0 Å². The molecule has 0 saturated heterocycles. The van der Waals surface area contributed by atoms with Crippen LogP contribution in [-0.2, 0) is 24.3 Å². The molecule has 0 spiro atoms. The van der Waals surface area contributed by atoms with E-state index >= 15 is 0 Å². The van der Waals surface area contributed by atoms with Gasteiger partial charge in [-0.1, -0.05) is 26.7 Å². The molecule has 1 saturated carbocycles. The number of carbonyl (C=O) groups is 1. The van der Waals surface area contributed by atoms with Crippen LogP contribution in [0.25, 0.3) is 0 Å². The van der Waals surface area contributed by atoms with E-state index in [2.05, 4.69) is 5.10 Å². The summed E-state index contributed by atoms with van der Waals surface area (Å²) >= 11 is 0. The van der Waals surface area contributed by atoms with Crippen LogP contribution in [0.4, 0.5) is 26.3 Å². The second kappa shape index (κ2) is 9.44. The van der Waals surface area contributed by atoms with E-state index in [4.69, 9.17) is 5.11 Å². The van der Waals surface area contributed by atoms with Crippen molar-refractivity contribution in [3.8, 4) is 5.75 Å². The van der Waals surface area contributed by atoms with Crippen LogP contribution in [0.3, 0.4) is 0 Å². The zero-order valence-electron chi connectivity index (χ0n) is 17.7. The van der Waals surface area contributed by atoms with Crippen LogP contribution in [0.1, 0.15) is 66.7 Å². The predicted octanol–water partition coefficient (Wildman–Crippen LogP) is 5.22. The smallest absolute Gasteiger partial charge is 0.416 e. The minimum Gasteiger partial charge on any atom is -0.503 e. The van der Waals surface area contributed by atoms with Crippen LogP contribution in [0.2, 0.25) is 0 Å². The number of halogens is 6. The van der Waals surface area contributed by atoms with E-state index in [1.165, 1.54) is 0 Å². The molecular formula is C21H22F6N2O4. The van der Waals surface area contributed by atoms with E-state index < -0.39 is 51.7 Å². The molecule has 3 rings (SSSR count). The second-order valence-corrected chi connectivity index (χ2v) is 7.48. The van der Waals surface area contributed by atoms with Crippen LogP contribution < -0.4 is 5.43 Å². The third-order valence-corrected chi connectivity index (χ3v) is 5.38. The molecule has 1 aliphatic rings. The average Bonchev–Trinajstić information content (AvgIpc) is 3.20. The Morgan fingerprint density at radius 2 is 1.52 bits per heavy atom.